The first-order chi connectivity index (χ1) is 12.7. The normalized spacial score (nSPS) is 14.4. The van der Waals surface area contributed by atoms with Gasteiger partial charge in [0.25, 0.3) is 5.56 Å². The van der Waals surface area contributed by atoms with Crippen LogP contribution in [0.15, 0.2) is 46.1 Å². The average Bonchev–Trinajstić information content (AvgIpc) is 2.67. The van der Waals surface area contributed by atoms with Crippen LogP contribution >= 0.6 is 0 Å². The minimum atomic E-state index is -0.354. The molecule has 1 aliphatic rings. The second-order valence-corrected chi connectivity index (χ2v) is 6.29. The minimum absolute atomic E-state index is 0.329. The van der Waals surface area contributed by atoms with Gasteiger partial charge in [-0.1, -0.05) is 18.2 Å². The number of H-pyrrole nitrogens is 1. The molecule has 0 radical (unpaired) electrons. The van der Waals surface area contributed by atoms with Crippen molar-refractivity contribution < 1.29 is 9.47 Å². The SMILES string of the molecule is O=c1[nH]c(=O)n(CCCCCOc2ccccc2)cc1N1CCOCC1. The maximum absolute atomic E-state index is 12.1. The lowest BCUT2D eigenvalue weighted by atomic mass is 10.2. The zero-order valence-corrected chi connectivity index (χ0v) is 14.9. The van der Waals surface area contributed by atoms with Crippen LogP contribution in [0, 0.1) is 0 Å². The van der Waals surface area contributed by atoms with E-state index in [2.05, 4.69) is 4.98 Å². The summed E-state index contributed by atoms with van der Waals surface area (Å²) in [4.78, 5) is 28.5. The fourth-order valence-corrected chi connectivity index (χ4v) is 2.96. The number of nitrogens with one attached hydrogen (secondary N) is 1. The standard InChI is InChI=1S/C19H25N3O4/c23-18-17(21-10-13-25-14-11-21)15-22(19(24)20-18)9-5-2-6-12-26-16-7-3-1-4-8-16/h1,3-4,7-8,15H,2,5-6,9-14H2,(H,20,23,24). The number of hydrogen-bond donors (Lipinski definition) is 1. The number of ether oxygens (including phenoxy) is 2. The Bertz CT molecular complexity index is 794. The molecule has 1 aromatic carbocycles. The smallest absolute Gasteiger partial charge is 0.328 e. The van der Waals surface area contributed by atoms with E-state index in [-0.39, 0.29) is 11.2 Å². The highest BCUT2D eigenvalue weighted by Gasteiger charge is 2.15. The number of benzene rings is 1. The highest BCUT2D eigenvalue weighted by Crippen LogP contribution is 2.11. The van der Waals surface area contributed by atoms with Gasteiger partial charge in [-0.15, -0.1) is 0 Å². The van der Waals surface area contributed by atoms with Gasteiger partial charge in [-0.25, -0.2) is 4.79 Å². The van der Waals surface area contributed by atoms with Crippen LogP contribution in [0.4, 0.5) is 5.69 Å². The van der Waals surface area contributed by atoms with Gasteiger partial charge in [-0.05, 0) is 31.4 Å². The molecular formula is C19H25N3O4. The third-order valence-electron chi connectivity index (χ3n) is 4.40. The Morgan fingerprint density at radius 3 is 2.58 bits per heavy atom. The summed E-state index contributed by atoms with van der Waals surface area (Å²) in [5.41, 5.74) is -0.141. The molecule has 0 saturated carbocycles. The van der Waals surface area contributed by atoms with Crippen LogP contribution in [0.25, 0.3) is 0 Å². The number of morpholine rings is 1. The lowest BCUT2D eigenvalue weighted by molar-refractivity contribution is 0.122. The van der Waals surface area contributed by atoms with E-state index >= 15 is 0 Å². The van der Waals surface area contributed by atoms with Crippen molar-refractivity contribution in [3.05, 3.63) is 57.4 Å². The van der Waals surface area contributed by atoms with Gasteiger partial charge in [0.15, 0.2) is 0 Å². The zero-order valence-electron chi connectivity index (χ0n) is 14.9. The van der Waals surface area contributed by atoms with Gasteiger partial charge in [-0.3, -0.25) is 14.3 Å². The van der Waals surface area contributed by atoms with Gasteiger partial charge in [0, 0.05) is 25.8 Å². The van der Waals surface area contributed by atoms with Crippen molar-refractivity contribution in [1.29, 1.82) is 0 Å². The second-order valence-electron chi connectivity index (χ2n) is 6.29. The molecule has 1 aliphatic heterocycles. The molecule has 7 nitrogen and oxygen atoms in total. The molecule has 140 valence electrons. The van der Waals surface area contributed by atoms with Gasteiger partial charge in [0.2, 0.25) is 0 Å². The summed E-state index contributed by atoms with van der Waals surface area (Å²) in [7, 11) is 0. The minimum Gasteiger partial charge on any atom is -0.494 e. The Morgan fingerprint density at radius 1 is 1.04 bits per heavy atom. The first kappa shape index (κ1) is 18.3. The number of aromatic amines is 1. The zero-order chi connectivity index (χ0) is 18.2. The van der Waals surface area contributed by atoms with E-state index in [9.17, 15) is 9.59 Å². The van der Waals surface area contributed by atoms with Crippen LogP contribution in [0.5, 0.6) is 5.75 Å². The van der Waals surface area contributed by atoms with Crippen LogP contribution in [-0.2, 0) is 11.3 Å². The van der Waals surface area contributed by atoms with Crippen molar-refractivity contribution in [1.82, 2.24) is 9.55 Å². The number of rotatable bonds is 8. The third kappa shape index (κ3) is 4.98. The average molecular weight is 359 g/mol. The predicted octanol–water partition coefficient (Wildman–Crippen LogP) is 1.62. The lowest BCUT2D eigenvalue weighted by Crippen LogP contribution is -2.42. The molecule has 0 amide bonds. The molecule has 0 bridgehead atoms. The Hall–Kier alpha value is -2.54. The number of nitrogens with zero attached hydrogens (tertiary/aromatic N) is 2. The van der Waals surface area contributed by atoms with E-state index in [4.69, 9.17) is 9.47 Å². The first-order valence-electron chi connectivity index (χ1n) is 9.08. The Kier molecular flexibility index (Phi) is 6.49. The Labute approximate surface area is 152 Å². The van der Waals surface area contributed by atoms with Crippen molar-refractivity contribution in [2.45, 2.75) is 25.8 Å². The summed E-state index contributed by atoms with van der Waals surface area (Å²) in [6.45, 7) is 3.76. The highest BCUT2D eigenvalue weighted by molar-refractivity contribution is 5.42. The summed E-state index contributed by atoms with van der Waals surface area (Å²) in [6, 6.07) is 9.73. The molecule has 7 heteroatoms. The maximum Gasteiger partial charge on any atom is 0.328 e. The lowest BCUT2D eigenvalue weighted by Gasteiger charge is -2.28. The van der Waals surface area contributed by atoms with Crippen molar-refractivity contribution in [2.75, 3.05) is 37.8 Å². The summed E-state index contributed by atoms with van der Waals surface area (Å²) in [6.07, 6.45) is 4.40. The molecular weight excluding hydrogens is 334 g/mol. The maximum atomic E-state index is 12.1. The van der Waals surface area contributed by atoms with E-state index in [0.717, 1.165) is 25.0 Å². The quantitative estimate of drug-likeness (QED) is 0.725. The summed E-state index contributed by atoms with van der Waals surface area (Å²) in [5, 5.41) is 0. The third-order valence-corrected chi connectivity index (χ3v) is 4.40. The number of hydrogen-bond acceptors (Lipinski definition) is 5. The molecule has 2 heterocycles. The van der Waals surface area contributed by atoms with Crippen LogP contribution in [-0.4, -0.2) is 42.5 Å². The monoisotopic (exact) mass is 359 g/mol. The Balaban J connectivity index is 1.48. The second kappa shape index (κ2) is 9.24. The number of aromatic nitrogens is 2. The molecule has 1 aromatic heterocycles. The van der Waals surface area contributed by atoms with E-state index < -0.39 is 0 Å². The van der Waals surface area contributed by atoms with Crippen molar-refractivity contribution >= 4 is 5.69 Å². The number of para-hydroxylation sites is 1. The molecule has 26 heavy (non-hydrogen) atoms. The molecule has 1 N–H and O–H groups in total. The van der Waals surface area contributed by atoms with Gasteiger partial charge in [0.05, 0.1) is 19.8 Å². The van der Waals surface area contributed by atoms with Crippen molar-refractivity contribution in [3.8, 4) is 5.75 Å². The molecule has 3 rings (SSSR count). The van der Waals surface area contributed by atoms with Crippen molar-refractivity contribution in [3.63, 3.8) is 0 Å². The Morgan fingerprint density at radius 2 is 1.81 bits per heavy atom. The van der Waals surface area contributed by atoms with Crippen LogP contribution in [0.3, 0.4) is 0 Å². The summed E-state index contributed by atoms with van der Waals surface area (Å²) in [5.74, 6) is 0.875. The first-order valence-corrected chi connectivity index (χ1v) is 9.08. The van der Waals surface area contributed by atoms with E-state index in [1.54, 1.807) is 10.8 Å². The van der Waals surface area contributed by atoms with Crippen LogP contribution in [0.1, 0.15) is 19.3 Å². The number of aryl methyl sites for hydroxylation is 1. The highest BCUT2D eigenvalue weighted by atomic mass is 16.5. The fourth-order valence-electron chi connectivity index (χ4n) is 2.96. The van der Waals surface area contributed by atoms with E-state index in [0.29, 0.717) is 45.1 Å². The van der Waals surface area contributed by atoms with Gasteiger partial charge >= 0.3 is 5.69 Å². The molecule has 2 aromatic rings. The number of unbranched alkanes of at least 4 members (excludes halogenated alkanes) is 2. The van der Waals surface area contributed by atoms with Crippen LogP contribution in [0.2, 0.25) is 0 Å². The molecule has 0 unspecified atom stereocenters. The molecule has 1 fully saturated rings. The number of anilines is 1. The van der Waals surface area contributed by atoms with E-state index in [1.807, 2.05) is 35.2 Å². The molecule has 1 saturated heterocycles. The predicted molar refractivity (Wildman–Crippen MR) is 100 cm³/mol. The fraction of sp³-hybridized carbons (Fsp3) is 0.474. The largest absolute Gasteiger partial charge is 0.494 e. The van der Waals surface area contributed by atoms with E-state index in [1.165, 1.54) is 0 Å². The molecule has 0 aliphatic carbocycles. The van der Waals surface area contributed by atoms with Gasteiger partial charge in [0.1, 0.15) is 11.4 Å². The van der Waals surface area contributed by atoms with Gasteiger partial charge < -0.3 is 14.4 Å². The topological polar surface area (TPSA) is 76.6 Å². The van der Waals surface area contributed by atoms with Crippen molar-refractivity contribution in [2.24, 2.45) is 0 Å². The van der Waals surface area contributed by atoms with Crippen LogP contribution < -0.4 is 20.9 Å². The summed E-state index contributed by atoms with van der Waals surface area (Å²) < 4.78 is 12.6. The molecule has 0 spiro atoms. The summed E-state index contributed by atoms with van der Waals surface area (Å²) >= 11 is 0. The van der Waals surface area contributed by atoms with Gasteiger partial charge in [-0.2, -0.15) is 0 Å². The molecule has 0 atom stereocenters.